The fourth-order valence-electron chi connectivity index (χ4n) is 4.29. The summed E-state index contributed by atoms with van der Waals surface area (Å²) in [6.45, 7) is 4.36. The smallest absolute Gasteiger partial charge is 0.260 e. The van der Waals surface area contributed by atoms with Gasteiger partial charge in [-0.1, -0.05) is 47.5 Å². The summed E-state index contributed by atoms with van der Waals surface area (Å²) in [6, 6.07) is 20.9. The first kappa shape index (κ1) is 22.4. The SMILES string of the molecule is Cc1ccc(C)c(C(=O)Nc2ccc(C(=O)N3Cc4sccc4Cc4ccccc43)c(Cl)c2)c1. The Labute approximate surface area is 207 Å². The Hall–Kier alpha value is -3.41. The molecule has 170 valence electrons. The second-order valence-electron chi connectivity index (χ2n) is 8.53. The van der Waals surface area contributed by atoms with Crippen molar-refractivity contribution in [3.05, 3.63) is 115 Å². The monoisotopic (exact) mass is 486 g/mol. The van der Waals surface area contributed by atoms with E-state index in [0.717, 1.165) is 28.8 Å². The van der Waals surface area contributed by atoms with E-state index in [4.69, 9.17) is 11.6 Å². The summed E-state index contributed by atoms with van der Waals surface area (Å²) in [7, 11) is 0. The first-order valence-electron chi connectivity index (χ1n) is 11.0. The zero-order chi connectivity index (χ0) is 23.8. The molecule has 4 nitrogen and oxygen atoms in total. The molecular weight excluding hydrogens is 464 g/mol. The van der Waals surface area contributed by atoms with Crippen LogP contribution in [0.5, 0.6) is 0 Å². The number of rotatable bonds is 3. The van der Waals surface area contributed by atoms with Gasteiger partial charge in [-0.25, -0.2) is 0 Å². The Morgan fingerprint density at radius 1 is 0.941 bits per heavy atom. The first-order valence-corrected chi connectivity index (χ1v) is 12.3. The number of nitrogens with one attached hydrogen (secondary N) is 1. The van der Waals surface area contributed by atoms with Crippen LogP contribution in [0.25, 0.3) is 0 Å². The van der Waals surface area contributed by atoms with Gasteiger partial charge >= 0.3 is 0 Å². The fourth-order valence-corrected chi connectivity index (χ4v) is 5.45. The number of benzene rings is 3. The molecule has 0 aliphatic carbocycles. The normalized spacial score (nSPS) is 12.5. The average Bonchev–Trinajstić information content (AvgIpc) is 3.19. The van der Waals surface area contributed by atoms with Crippen molar-refractivity contribution in [2.75, 3.05) is 10.2 Å². The Morgan fingerprint density at radius 3 is 2.59 bits per heavy atom. The molecule has 3 aromatic carbocycles. The Kier molecular flexibility index (Phi) is 5.98. The van der Waals surface area contributed by atoms with Crippen LogP contribution in [0.4, 0.5) is 11.4 Å². The standard InChI is InChI=1S/C28H23ClN2O2S/c1-17-7-8-18(2)23(13-17)27(32)30-21-9-10-22(24(29)15-21)28(33)31-16-26-20(11-12-34-26)14-19-5-3-4-6-25(19)31/h3-13,15H,14,16H2,1-2H3,(H,30,32). The zero-order valence-corrected chi connectivity index (χ0v) is 20.5. The number of carbonyl (C=O) groups excluding carboxylic acids is 2. The summed E-state index contributed by atoms with van der Waals surface area (Å²) in [4.78, 5) is 29.4. The van der Waals surface area contributed by atoms with Crippen molar-refractivity contribution in [3.63, 3.8) is 0 Å². The van der Waals surface area contributed by atoms with Crippen LogP contribution in [-0.4, -0.2) is 11.8 Å². The highest BCUT2D eigenvalue weighted by Gasteiger charge is 2.27. The molecule has 5 rings (SSSR count). The summed E-state index contributed by atoms with van der Waals surface area (Å²) >= 11 is 8.24. The molecular formula is C28H23ClN2O2S. The van der Waals surface area contributed by atoms with E-state index in [-0.39, 0.29) is 11.8 Å². The summed E-state index contributed by atoms with van der Waals surface area (Å²) < 4.78 is 0. The van der Waals surface area contributed by atoms with Crippen molar-refractivity contribution >= 4 is 46.1 Å². The highest BCUT2D eigenvalue weighted by atomic mass is 35.5. The molecule has 34 heavy (non-hydrogen) atoms. The summed E-state index contributed by atoms with van der Waals surface area (Å²) in [5.74, 6) is -0.367. The maximum Gasteiger partial charge on any atom is 0.260 e. The molecule has 1 aliphatic rings. The maximum absolute atomic E-state index is 13.7. The van der Waals surface area contributed by atoms with Crippen molar-refractivity contribution in [1.82, 2.24) is 0 Å². The van der Waals surface area contributed by atoms with Crippen LogP contribution >= 0.6 is 22.9 Å². The molecule has 0 saturated carbocycles. The van der Waals surface area contributed by atoms with Crippen LogP contribution < -0.4 is 10.2 Å². The Bertz CT molecular complexity index is 1430. The van der Waals surface area contributed by atoms with Crippen molar-refractivity contribution in [3.8, 4) is 0 Å². The summed E-state index contributed by atoms with van der Waals surface area (Å²) in [5.41, 5.74) is 6.74. The van der Waals surface area contributed by atoms with Crippen LogP contribution in [0.3, 0.4) is 0 Å². The first-order chi connectivity index (χ1) is 16.4. The lowest BCUT2D eigenvalue weighted by Crippen LogP contribution is -2.30. The van der Waals surface area contributed by atoms with Crippen molar-refractivity contribution in [2.24, 2.45) is 0 Å². The van der Waals surface area contributed by atoms with Crippen molar-refractivity contribution < 1.29 is 9.59 Å². The number of fused-ring (bicyclic) bond motifs is 2. The number of anilines is 2. The molecule has 2 amide bonds. The van der Waals surface area contributed by atoms with Gasteiger partial charge < -0.3 is 10.2 Å². The second kappa shape index (κ2) is 9.09. The van der Waals surface area contributed by atoms with E-state index in [1.807, 2.05) is 50.2 Å². The minimum Gasteiger partial charge on any atom is -0.322 e. The van der Waals surface area contributed by atoms with Gasteiger partial charge in [-0.05, 0) is 72.3 Å². The third kappa shape index (κ3) is 4.25. The number of hydrogen-bond acceptors (Lipinski definition) is 3. The Morgan fingerprint density at radius 2 is 1.76 bits per heavy atom. The van der Waals surface area contributed by atoms with Gasteiger partial charge in [-0.3, -0.25) is 9.59 Å². The van der Waals surface area contributed by atoms with Crippen LogP contribution in [0.2, 0.25) is 5.02 Å². The molecule has 0 atom stereocenters. The molecule has 0 spiro atoms. The highest BCUT2D eigenvalue weighted by Crippen LogP contribution is 2.35. The maximum atomic E-state index is 13.7. The minimum atomic E-state index is -0.206. The topological polar surface area (TPSA) is 49.4 Å². The molecule has 1 aliphatic heterocycles. The molecule has 1 N–H and O–H groups in total. The number of para-hydroxylation sites is 1. The minimum absolute atomic E-state index is 0.161. The van der Waals surface area contributed by atoms with Crippen LogP contribution in [0.1, 0.15) is 47.8 Å². The van der Waals surface area contributed by atoms with E-state index >= 15 is 0 Å². The van der Waals surface area contributed by atoms with Gasteiger partial charge in [-0.2, -0.15) is 0 Å². The third-order valence-corrected chi connectivity index (χ3v) is 7.40. The van der Waals surface area contributed by atoms with E-state index in [0.29, 0.717) is 28.4 Å². The molecule has 4 aromatic rings. The predicted molar refractivity (Wildman–Crippen MR) is 139 cm³/mol. The van der Waals surface area contributed by atoms with Crippen molar-refractivity contribution in [1.29, 1.82) is 0 Å². The largest absolute Gasteiger partial charge is 0.322 e. The number of aryl methyl sites for hydroxylation is 2. The lowest BCUT2D eigenvalue weighted by Gasteiger charge is -2.23. The zero-order valence-electron chi connectivity index (χ0n) is 18.9. The van der Waals surface area contributed by atoms with E-state index in [1.165, 1.54) is 10.4 Å². The highest BCUT2D eigenvalue weighted by molar-refractivity contribution is 7.10. The number of nitrogens with zero attached hydrogens (tertiary/aromatic N) is 1. The van der Waals surface area contributed by atoms with Gasteiger partial charge in [0.15, 0.2) is 0 Å². The number of thiophene rings is 1. The van der Waals surface area contributed by atoms with Crippen molar-refractivity contribution in [2.45, 2.75) is 26.8 Å². The second-order valence-corrected chi connectivity index (χ2v) is 9.94. The molecule has 6 heteroatoms. The molecule has 0 bridgehead atoms. The van der Waals surface area contributed by atoms with E-state index in [2.05, 4.69) is 22.8 Å². The van der Waals surface area contributed by atoms with Gasteiger partial charge in [0.25, 0.3) is 11.8 Å². The van der Waals surface area contributed by atoms with E-state index < -0.39 is 0 Å². The number of carbonyl (C=O) groups is 2. The fraction of sp³-hybridized carbons (Fsp3) is 0.143. The van der Waals surface area contributed by atoms with E-state index in [1.54, 1.807) is 34.4 Å². The molecule has 1 aromatic heterocycles. The summed E-state index contributed by atoms with van der Waals surface area (Å²) in [6.07, 6.45) is 0.801. The van der Waals surface area contributed by atoms with Crippen LogP contribution in [-0.2, 0) is 13.0 Å². The van der Waals surface area contributed by atoms with Gasteiger partial charge in [-0.15, -0.1) is 11.3 Å². The van der Waals surface area contributed by atoms with Gasteiger partial charge in [0.2, 0.25) is 0 Å². The van der Waals surface area contributed by atoms with E-state index in [9.17, 15) is 9.59 Å². The molecule has 0 unspecified atom stereocenters. The molecule has 0 fully saturated rings. The summed E-state index contributed by atoms with van der Waals surface area (Å²) in [5, 5.41) is 5.28. The molecule has 2 heterocycles. The predicted octanol–water partition coefficient (Wildman–Crippen LogP) is 7.02. The average molecular weight is 487 g/mol. The third-order valence-electron chi connectivity index (χ3n) is 6.14. The molecule has 0 saturated heterocycles. The van der Waals surface area contributed by atoms with Gasteiger partial charge in [0.05, 0.1) is 17.1 Å². The quantitative estimate of drug-likeness (QED) is 0.338. The van der Waals surface area contributed by atoms with Gasteiger partial charge in [0.1, 0.15) is 0 Å². The van der Waals surface area contributed by atoms with Crippen LogP contribution in [0.15, 0.2) is 72.1 Å². The lowest BCUT2D eigenvalue weighted by atomic mass is 10.0. The lowest BCUT2D eigenvalue weighted by molar-refractivity contribution is 0.0984. The molecule has 0 radical (unpaired) electrons. The van der Waals surface area contributed by atoms with Crippen LogP contribution in [0, 0.1) is 13.8 Å². The Balaban J connectivity index is 1.43. The number of amides is 2. The number of hydrogen-bond donors (Lipinski definition) is 1. The van der Waals surface area contributed by atoms with Gasteiger partial charge in [0, 0.05) is 28.2 Å². The number of halogens is 1.